The molecule has 0 saturated heterocycles. The van der Waals surface area contributed by atoms with Crippen molar-refractivity contribution in [1.29, 1.82) is 0 Å². The van der Waals surface area contributed by atoms with Crippen molar-refractivity contribution in [1.82, 2.24) is 4.57 Å². The number of benzene rings is 2. The number of thioether (sulfide) groups is 2. The number of amides is 1. The fourth-order valence-electron chi connectivity index (χ4n) is 2.90. The van der Waals surface area contributed by atoms with E-state index in [0.717, 1.165) is 27.7 Å². The molecule has 154 valence electrons. The third kappa shape index (κ3) is 5.68. The molecule has 0 saturated carbocycles. The molecule has 0 atom stereocenters. The standard InChI is InChI=1S/C22H26N2O2S3/c1-15-13-19-20(14-16(15)2)29-22(24(19)10-12-27-4)23-21(25)9-11-28-18-7-5-17(26-3)6-8-18/h5-8,13-14H,9-12H2,1-4H3. The van der Waals surface area contributed by atoms with Crippen molar-refractivity contribution in [3.63, 3.8) is 0 Å². The summed E-state index contributed by atoms with van der Waals surface area (Å²) < 4.78 is 8.56. The molecule has 0 N–H and O–H groups in total. The molecule has 0 unspecified atom stereocenters. The molecule has 0 spiro atoms. The van der Waals surface area contributed by atoms with Crippen molar-refractivity contribution in [2.75, 3.05) is 24.9 Å². The van der Waals surface area contributed by atoms with E-state index in [4.69, 9.17) is 4.74 Å². The maximum atomic E-state index is 12.5. The van der Waals surface area contributed by atoms with E-state index in [1.54, 1.807) is 42.0 Å². The predicted octanol–water partition coefficient (Wildman–Crippen LogP) is 5.30. The summed E-state index contributed by atoms with van der Waals surface area (Å²) in [7, 11) is 1.66. The first-order chi connectivity index (χ1) is 14.0. The maximum absolute atomic E-state index is 12.5. The molecular weight excluding hydrogens is 420 g/mol. The van der Waals surface area contributed by atoms with Crippen LogP contribution in [0.5, 0.6) is 5.75 Å². The van der Waals surface area contributed by atoms with E-state index >= 15 is 0 Å². The van der Waals surface area contributed by atoms with Gasteiger partial charge >= 0.3 is 0 Å². The van der Waals surface area contributed by atoms with E-state index in [2.05, 4.69) is 41.8 Å². The molecule has 29 heavy (non-hydrogen) atoms. The molecule has 2 aromatic carbocycles. The summed E-state index contributed by atoms with van der Waals surface area (Å²) in [6, 6.07) is 12.3. The number of aromatic nitrogens is 1. The highest BCUT2D eigenvalue weighted by Gasteiger charge is 2.10. The van der Waals surface area contributed by atoms with Crippen LogP contribution >= 0.6 is 34.9 Å². The number of fused-ring (bicyclic) bond motifs is 1. The van der Waals surface area contributed by atoms with Gasteiger partial charge in [-0.1, -0.05) is 11.3 Å². The molecule has 4 nitrogen and oxygen atoms in total. The summed E-state index contributed by atoms with van der Waals surface area (Å²) in [5, 5.41) is 0. The second kappa shape index (κ2) is 10.4. The van der Waals surface area contributed by atoms with Gasteiger partial charge in [-0.25, -0.2) is 0 Å². The number of carbonyl (C=O) groups excluding carboxylic acids is 1. The first kappa shape index (κ1) is 22.0. The van der Waals surface area contributed by atoms with Crippen LogP contribution in [-0.2, 0) is 11.3 Å². The lowest BCUT2D eigenvalue weighted by Gasteiger charge is -2.06. The first-order valence-corrected chi connectivity index (χ1v) is 12.7. The molecule has 1 aromatic heterocycles. The fourth-order valence-corrected chi connectivity index (χ4v) is 5.26. The van der Waals surface area contributed by atoms with Crippen molar-refractivity contribution >= 4 is 51.0 Å². The molecule has 0 fully saturated rings. The fraction of sp³-hybridized carbons (Fsp3) is 0.364. The third-order valence-corrected chi connectivity index (χ3v) is 7.33. The zero-order valence-electron chi connectivity index (χ0n) is 17.2. The summed E-state index contributed by atoms with van der Waals surface area (Å²) in [5.74, 6) is 2.48. The van der Waals surface area contributed by atoms with Gasteiger partial charge in [-0.3, -0.25) is 4.79 Å². The second-order valence-electron chi connectivity index (χ2n) is 6.71. The highest BCUT2D eigenvalue weighted by molar-refractivity contribution is 7.99. The van der Waals surface area contributed by atoms with Gasteiger partial charge in [0.05, 0.1) is 17.3 Å². The van der Waals surface area contributed by atoms with Gasteiger partial charge < -0.3 is 9.30 Å². The van der Waals surface area contributed by atoms with Gasteiger partial charge in [-0.2, -0.15) is 16.8 Å². The lowest BCUT2D eigenvalue weighted by molar-refractivity contribution is -0.117. The van der Waals surface area contributed by atoms with Gasteiger partial charge in [-0.15, -0.1) is 11.8 Å². The number of nitrogens with zero attached hydrogens (tertiary/aromatic N) is 2. The largest absolute Gasteiger partial charge is 0.497 e. The van der Waals surface area contributed by atoms with E-state index in [-0.39, 0.29) is 5.91 Å². The minimum Gasteiger partial charge on any atom is -0.497 e. The minimum absolute atomic E-state index is 0.0658. The van der Waals surface area contributed by atoms with Crippen LogP contribution in [0.1, 0.15) is 17.5 Å². The maximum Gasteiger partial charge on any atom is 0.249 e. The molecule has 3 rings (SSSR count). The first-order valence-electron chi connectivity index (χ1n) is 9.45. The third-order valence-electron chi connectivity index (χ3n) is 4.68. The molecular formula is C22H26N2O2S3. The number of rotatable bonds is 8. The lowest BCUT2D eigenvalue weighted by atomic mass is 10.1. The normalized spacial score (nSPS) is 11.9. The van der Waals surface area contributed by atoms with Crippen LogP contribution in [0.15, 0.2) is 46.3 Å². The average molecular weight is 447 g/mol. The quantitative estimate of drug-likeness (QED) is 0.440. The van der Waals surface area contributed by atoms with Gasteiger partial charge in [0.2, 0.25) is 5.91 Å². The molecule has 0 aliphatic rings. The van der Waals surface area contributed by atoms with Gasteiger partial charge in [0.1, 0.15) is 5.75 Å². The summed E-state index contributed by atoms with van der Waals surface area (Å²) in [6.07, 6.45) is 2.52. The van der Waals surface area contributed by atoms with Crippen molar-refractivity contribution < 1.29 is 9.53 Å². The summed E-state index contributed by atoms with van der Waals surface area (Å²) >= 11 is 5.07. The molecule has 3 aromatic rings. The number of carbonyl (C=O) groups is 1. The summed E-state index contributed by atoms with van der Waals surface area (Å²) in [6.45, 7) is 5.11. The van der Waals surface area contributed by atoms with Crippen LogP contribution in [0.2, 0.25) is 0 Å². The predicted molar refractivity (Wildman–Crippen MR) is 127 cm³/mol. The Hall–Kier alpha value is -1.70. The highest BCUT2D eigenvalue weighted by atomic mass is 32.2. The van der Waals surface area contributed by atoms with Crippen LogP contribution in [0.3, 0.4) is 0 Å². The van der Waals surface area contributed by atoms with Crippen molar-refractivity contribution in [3.05, 3.63) is 52.3 Å². The minimum atomic E-state index is -0.0658. The lowest BCUT2D eigenvalue weighted by Crippen LogP contribution is -2.18. The molecule has 7 heteroatoms. The molecule has 1 heterocycles. The average Bonchev–Trinajstić information content (AvgIpc) is 3.03. The smallest absolute Gasteiger partial charge is 0.249 e. The Morgan fingerprint density at radius 1 is 1.14 bits per heavy atom. The van der Waals surface area contributed by atoms with Crippen LogP contribution in [0.25, 0.3) is 10.2 Å². The van der Waals surface area contributed by atoms with Crippen molar-refractivity contribution in [2.45, 2.75) is 31.7 Å². The van der Waals surface area contributed by atoms with Gasteiger partial charge in [0, 0.05) is 29.4 Å². The number of ether oxygens (including phenoxy) is 1. The number of thiazole rings is 1. The molecule has 0 bridgehead atoms. The Morgan fingerprint density at radius 2 is 1.86 bits per heavy atom. The molecule has 0 aliphatic carbocycles. The molecule has 1 amide bonds. The van der Waals surface area contributed by atoms with Crippen molar-refractivity contribution in [3.8, 4) is 5.75 Å². The molecule has 0 aliphatic heterocycles. The van der Waals surface area contributed by atoms with E-state index in [9.17, 15) is 4.79 Å². The van der Waals surface area contributed by atoms with E-state index < -0.39 is 0 Å². The Balaban J connectivity index is 1.75. The zero-order chi connectivity index (χ0) is 20.8. The van der Waals surface area contributed by atoms with Crippen LogP contribution in [0.4, 0.5) is 0 Å². The zero-order valence-corrected chi connectivity index (χ0v) is 19.7. The Morgan fingerprint density at radius 3 is 2.55 bits per heavy atom. The number of aryl methyl sites for hydroxylation is 3. The van der Waals surface area contributed by atoms with E-state index in [0.29, 0.717) is 12.2 Å². The van der Waals surface area contributed by atoms with Crippen LogP contribution in [-0.4, -0.2) is 35.3 Å². The van der Waals surface area contributed by atoms with Crippen molar-refractivity contribution in [2.24, 2.45) is 4.99 Å². The number of hydrogen-bond acceptors (Lipinski definition) is 5. The van der Waals surface area contributed by atoms with Crippen LogP contribution < -0.4 is 9.54 Å². The van der Waals surface area contributed by atoms with Gasteiger partial charge in [0.25, 0.3) is 0 Å². The highest BCUT2D eigenvalue weighted by Crippen LogP contribution is 2.23. The molecule has 0 radical (unpaired) electrons. The van der Waals surface area contributed by atoms with Gasteiger partial charge in [0.15, 0.2) is 4.80 Å². The monoisotopic (exact) mass is 446 g/mol. The summed E-state index contributed by atoms with van der Waals surface area (Å²) in [4.78, 5) is 18.9. The van der Waals surface area contributed by atoms with Gasteiger partial charge in [-0.05, 0) is 67.6 Å². The van der Waals surface area contributed by atoms with Crippen LogP contribution in [0, 0.1) is 13.8 Å². The Kier molecular flexibility index (Phi) is 7.86. The number of hydrogen-bond donors (Lipinski definition) is 0. The van der Waals surface area contributed by atoms with E-state index in [1.165, 1.54) is 21.3 Å². The SMILES string of the molecule is COc1ccc(SCCC(=O)N=c2sc3cc(C)c(C)cc3n2CCSC)cc1. The van der Waals surface area contributed by atoms with E-state index in [1.807, 2.05) is 24.3 Å². The topological polar surface area (TPSA) is 43.6 Å². The Bertz CT molecular complexity index is 1050. The summed E-state index contributed by atoms with van der Waals surface area (Å²) in [5.41, 5.74) is 3.71. The Labute approximate surface area is 184 Å². The number of methoxy groups -OCH3 is 1. The second-order valence-corrected chi connectivity index (χ2v) is 9.88.